The van der Waals surface area contributed by atoms with E-state index >= 15 is 0 Å². The van der Waals surface area contributed by atoms with Gasteiger partial charge in [0.25, 0.3) is 11.6 Å². The molecule has 1 amide bonds. The van der Waals surface area contributed by atoms with Crippen molar-refractivity contribution >= 4 is 29.7 Å². The van der Waals surface area contributed by atoms with Crippen LogP contribution in [0.25, 0.3) is 11.5 Å². The third kappa shape index (κ3) is 3.90. The number of nitro benzene ring substituents is 1. The van der Waals surface area contributed by atoms with Crippen LogP contribution in [0.5, 0.6) is 0 Å². The first kappa shape index (κ1) is 21.0. The third-order valence-electron chi connectivity index (χ3n) is 5.60. The molecule has 29 heavy (non-hydrogen) atoms. The van der Waals surface area contributed by atoms with Gasteiger partial charge in [-0.2, -0.15) is 4.98 Å². The van der Waals surface area contributed by atoms with Crippen molar-refractivity contribution in [1.29, 1.82) is 0 Å². The lowest BCUT2D eigenvalue weighted by Gasteiger charge is -2.35. The largest absolute Gasteiger partial charge is 0.362 e. The number of piperazine rings is 1. The number of halogens is 1. The van der Waals surface area contributed by atoms with Crippen molar-refractivity contribution in [3.8, 4) is 11.5 Å². The highest BCUT2D eigenvalue weighted by molar-refractivity contribution is 5.85. The predicted molar refractivity (Wildman–Crippen MR) is 108 cm³/mol. The molecule has 156 valence electrons. The number of benzene rings is 1. The summed E-state index contributed by atoms with van der Waals surface area (Å²) in [5.74, 6) is 0.685. The number of nitrogens with zero attached hydrogens (tertiary/aromatic N) is 5. The van der Waals surface area contributed by atoms with Gasteiger partial charge in [-0.1, -0.05) is 5.16 Å². The van der Waals surface area contributed by atoms with Crippen molar-refractivity contribution in [3.63, 3.8) is 0 Å². The fourth-order valence-corrected chi connectivity index (χ4v) is 3.66. The topological polar surface area (TPSA) is 132 Å². The second-order valence-electron chi connectivity index (χ2n) is 7.39. The van der Waals surface area contributed by atoms with Gasteiger partial charge in [0.2, 0.25) is 5.91 Å². The highest BCUT2D eigenvalue weighted by Crippen LogP contribution is 2.38. The Hall–Kier alpha value is -2.72. The average Bonchev–Trinajstić information content (AvgIpc) is 3.16. The Balaban J connectivity index is 0.00000240. The van der Waals surface area contributed by atoms with E-state index in [1.165, 1.54) is 13.0 Å². The number of hydrogen-bond acceptors (Lipinski definition) is 8. The molecule has 4 rings (SSSR count). The number of carbonyl (C=O) groups excluding carboxylic acids is 1. The maximum absolute atomic E-state index is 11.7. The molecule has 0 bridgehead atoms. The Morgan fingerprint density at radius 1 is 1.28 bits per heavy atom. The summed E-state index contributed by atoms with van der Waals surface area (Å²) < 4.78 is 5.31. The van der Waals surface area contributed by atoms with E-state index in [4.69, 9.17) is 10.3 Å². The second kappa shape index (κ2) is 7.96. The number of rotatable bonds is 4. The van der Waals surface area contributed by atoms with Gasteiger partial charge in [-0.25, -0.2) is 0 Å². The summed E-state index contributed by atoms with van der Waals surface area (Å²) in [6, 6.07) is 4.89. The van der Waals surface area contributed by atoms with Crippen LogP contribution in [0.3, 0.4) is 0 Å². The molecule has 2 N–H and O–H groups in total. The van der Waals surface area contributed by atoms with E-state index in [9.17, 15) is 14.9 Å². The van der Waals surface area contributed by atoms with Crippen LogP contribution in [0.15, 0.2) is 22.7 Å². The van der Waals surface area contributed by atoms with E-state index in [0.717, 1.165) is 19.3 Å². The lowest BCUT2D eigenvalue weighted by molar-refractivity contribution is -0.384. The predicted octanol–water partition coefficient (Wildman–Crippen LogP) is 2.07. The zero-order valence-electron chi connectivity index (χ0n) is 16.0. The summed E-state index contributed by atoms with van der Waals surface area (Å²) in [4.78, 5) is 30.8. The molecule has 10 nitrogen and oxygen atoms in total. The Morgan fingerprint density at radius 3 is 2.52 bits per heavy atom. The molecule has 1 aliphatic carbocycles. The number of nitro groups is 1. The normalized spacial score (nSPS) is 18.0. The minimum Gasteiger partial charge on any atom is -0.362 e. The quantitative estimate of drug-likeness (QED) is 0.585. The number of aromatic nitrogens is 2. The minimum absolute atomic E-state index is 0. The molecule has 0 unspecified atom stereocenters. The molecule has 0 radical (unpaired) electrons. The van der Waals surface area contributed by atoms with Gasteiger partial charge in [0.15, 0.2) is 5.82 Å². The molecule has 0 spiro atoms. The molecular formula is C18H23ClN6O4. The van der Waals surface area contributed by atoms with Gasteiger partial charge < -0.3 is 20.1 Å². The first-order valence-corrected chi connectivity index (χ1v) is 9.30. The summed E-state index contributed by atoms with van der Waals surface area (Å²) in [6.07, 6.45) is 2.63. The van der Waals surface area contributed by atoms with Crippen molar-refractivity contribution in [2.24, 2.45) is 5.73 Å². The molecule has 2 aliphatic rings. The Bertz CT molecular complexity index is 921. The molecule has 1 saturated carbocycles. The average molecular weight is 423 g/mol. The SMILES string of the molecule is CC(=O)N1CCN(c2ccc(-c3nc(C4(N)CCC4)no3)cc2[N+](=O)[O-])CC1.Cl. The molecule has 11 heteroatoms. The fourth-order valence-electron chi connectivity index (χ4n) is 3.66. The van der Waals surface area contributed by atoms with Crippen molar-refractivity contribution in [3.05, 3.63) is 34.1 Å². The van der Waals surface area contributed by atoms with Crippen LogP contribution >= 0.6 is 12.4 Å². The highest BCUT2D eigenvalue weighted by Gasteiger charge is 2.39. The zero-order valence-corrected chi connectivity index (χ0v) is 16.9. The maximum Gasteiger partial charge on any atom is 0.293 e. The van der Waals surface area contributed by atoms with Crippen molar-refractivity contribution in [2.75, 3.05) is 31.1 Å². The molecule has 1 aromatic heterocycles. The highest BCUT2D eigenvalue weighted by atomic mass is 35.5. The van der Waals surface area contributed by atoms with Gasteiger partial charge in [0, 0.05) is 44.7 Å². The molecule has 1 aromatic carbocycles. The van der Waals surface area contributed by atoms with Crippen LogP contribution in [-0.2, 0) is 10.3 Å². The van der Waals surface area contributed by atoms with E-state index in [1.54, 1.807) is 17.0 Å². The number of anilines is 1. The molecule has 2 heterocycles. The first-order valence-electron chi connectivity index (χ1n) is 9.30. The van der Waals surface area contributed by atoms with E-state index < -0.39 is 10.5 Å². The zero-order chi connectivity index (χ0) is 19.9. The molecule has 2 fully saturated rings. The maximum atomic E-state index is 11.7. The van der Waals surface area contributed by atoms with Crippen LogP contribution in [0.4, 0.5) is 11.4 Å². The summed E-state index contributed by atoms with van der Waals surface area (Å²) in [7, 11) is 0. The van der Waals surface area contributed by atoms with Gasteiger partial charge in [-0.3, -0.25) is 14.9 Å². The molecule has 1 saturated heterocycles. The lowest BCUT2D eigenvalue weighted by atomic mass is 9.77. The summed E-state index contributed by atoms with van der Waals surface area (Å²) in [6.45, 7) is 3.70. The fraction of sp³-hybridized carbons (Fsp3) is 0.500. The van der Waals surface area contributed by atoms with Gasteiger partial charge in [0.05, 0.1) is 10.5 Å². The minimum atomic E-state index is -0.552. The van der Waals surface area contributed by atoms with Crippen LogP contribution in [0, 0.1) is 10.1 Å². The Kier molecular flexibility index (Phi) is 5.76. The number of nitrogens with two attached hydrogens (primary N) is 1. The van der Waals surface area contributed by atoms with Gasteiger partial charge >= 0.3 is 0 Å². The Morgan fingerprint density at radius 2 is 1.97 bits per heavy atom. The number of hydrogen-bond donors (Lipinski definition) is 1. The molecule has 2 aromatic rings. The number of carbonyl (C=O) groups is 1. The molecule has 1 aliphatic heterocycles. The monoisotopic (exact) mass is 422 g/mol. The van der Waals surface area contributed by atoms with E-state index in [-0.39, 0.29) is 29.9 Å². The van der Waals surface area contributed by atoms with Crippen LogP contribution in [-0.4, -0.2) is 52.1 Å². The standard InChI is InChI=1S/C18H22N6O4.ClH/c1-12(25)22-7-9-23(10-8-22)14-4-3-13(11-15(14)24(26)27)16-20-17(21-28-16)18(19)5-2-6-18;/h3-4,11H,2,5-10,19H2,1H3;1H. The lowest BCUT2D eigenvalue weighted by Crippen LogP contribution is -2.48. The molecule has 0 atom stereocenters. The van der Waals surface area contributed by atoms with E-state index in [0.29, 0.717) is 43.3 Å². The van der Waals surface area contributed by atoms with Crippen molar-refractivity contribution in [2.45, 2.75) is 31.7 Å². The van der Waals surface area contributed by atoms with Crippen LogP contribution in [0.1, 0.15) is 32.0 Å². The summed E-state index contributed by atoms with van der Waals surface area (Å²) >= 11 is 0. The summed E-state index contributed by atoms with van der Waals surface area (Å²) in [5, 5.41) is 15.6. The van der Waals surface area contributed by atoms with E-state index in [1.807, 2.05) is 4.90 Å². The Labute approximate surface area is 173 Å². The van der Waals surface area contributed by atoms with Gasteiger partial charge in [-0.05, 0) is 31.4 Å². The second-order valence-corrected chi connectivity index (χ2v) is 7.39. The third-order valence-corrected chi connectivity index (χ3v) is 5.60. The summed E-state index contributed by atoms with van der Waals surface area (Å²) in [5.41, 5.74) is 6.65. The van der Waals surface area contributed by atoms with Crippen LogP contribution < -0.4 is 10.6 Å². The first-order chi connectivity index (χ1) is 13.4. The van der Waals surface area contributed by atoms with Gasteiger partial charge in [-0.15, -0.1) is 12.4 Å². The van der Waals surface area contributed by atoms with Crippen LogP contribution in [0.2, 0.25) is 0 Å². The van der Waals surface area contributed by atoms with Crippen molar-refractivity contribution in [1.82, 2.24) is 15.0 Å². The van der Waals surface area contributed by atoms with E-state index in [2.05, 4.69) is 10.1 Å². The van der Waals surface area contributed by atoms with Gasteiger partial charge in [0.1, 0.15) is 5.69 Å². The smallest absolute Gasteiger partial charge is 0.293 e. The molecular weight excluding hydrogens is 400 g/mol. The van der Waals surface area contributed by atoms with Crippen molar-refractivity contribution < 1.29 is 14.2 Å². The number of amides is 1.